The van der Waals surface area contributed by atoms with Crippen LogP contribution in [0.4, 0.5) is 8.78 Å². The molecule has 3 aliphatic carbocycles. The van der Waals surface area contributed by atoms with Crippen LogP contribution >= 0.6 is 0 Å². The maximum Gasteiger partial charge on any atom is 0.266 e. The van der Waals surface area contributed by atoms with E-state index in [9.17, 15) is 13.9 Å². The monoisotopic (exact) mass is 348 g/mol. The Hall–Kier alpha value is -1.42. The number of fused-ring (bicyclic) bond motifs is 5. The summed E-state index contributed by atoms with van der Waals surface area (Å²) in [7, 11) is 1.65. The summed E-state index contributed by atoms with van der Waals surface area (Å²) in [6.07, 6.45) is 4.14. The molecule has 0 saturated heterocycles. The zero-order chi connectivity index (χ0) is 17.8. The Labute approximate surface area is 147 Å². The lowest BCUT2D eigenvalue weighted by Crippen LogP contribution is -2.50. The Balaban J connectivity index is 1.84. The van der Waals surface area contributed by atoms with Gasteiger partial charge in [-0.25, -0.2) is 0 Å². The molecule has 0 aromatic heterocycles. The van der Waals surface area contributed by atoms with Crippen molar-refractivity contribution < 1.29 is 18.6 Å². The molecule has 1 aromatic carbocycles. The van der Waals surface area contributed by atoms with Crippen LogP contribution in [-0.4, -0.2) is 18.3 Å². The highest BCUT2D eigenvalue weighted by atomic mass is 19.3. The van der Waals surface area contributed by atoms with Crippen LogP contribution in [0.1, 0.15) is 56.1 Å². The van der Waals surface area contributed by atoms with E-state index in [0.717, 1.165) is 44.3 Å². The minimum Gasteiger partial charge on any atom is -0.497 e. The molecule has 4 rings (SSSR count). The predicted octanol–water partition coefficient (Wildman–Crippen LogP) is 5.06. The third kappa shape index (κ3) is 2.37. The fraction of sp³-hybridized carbons (Fsp3) is 0.619. The van der Waals surface area contributed by atoms with Gasteiger partial charge >= 0.3 is 0 Å². The maximum absolute atomic E-state index is 13.5. The van der Waals surface area contributed by atoms with Crippen molar-refractivity contribution in [1.29, 1.82) is 0 Å². The van der Waals surface area contributed by atoms with Crippen molar-refractivity contribution in [2.24, 2.45) is 16.7 Å². The summed E-state index contributed by atoms with van der Waals surface area (Å²) in [5.41, 5.74) is 1.65. The second-order valence-electron chi connectivity index (χ2n) is 8.35. The average molecular weight is 348 g/mol. The molecular weight excluding hydrogens is 322 g/mol. The van der Waals surface area contributed by atoms with Crippen molar-refractivity contribution in [3.05, 3.63) is 41.5 Å². The van der Waals surface area contributed by atoms with E-state index in [0.29, 0.717) is 0 Å². The van der Waals surface area contributed by atoms with Gasteiger partial charge in [0.1, 0.15) is 5.75 Å². The second kappa shape index (κ2) is 5.80. The van der Waals surface area contributed by atoms with E-state index in [4.69, 9.17) is 4.74 Å². The number of aryl methyl sites for hydroxylation is 1. The lowest BCUT2D eigenvalue weighted by molar-refractivity contribution is -0.0543. The number of hydrogen-bond acceptors (Lipinski definition) is 2. The van der Waals surface area contributed by atoms with Gasteiger partial charge in [0.25, 0.3) is 6.08 Å². The van der Waals surface area contributed by atoms with Gasteiger partial charge in [-0.3, -0.25) is 0 Å². The van der Waals surface area contributed by atoms with Crippen molar-refractivity contribution >= 4 is 0 Å². The second-order valence-corrected chi connectivity index (χ2v) is 8.35. The molecule has 4 heteroatoms. The van der Waals surface area contributed by atoms with Crippen molar-refractivity contribution in [3.63, 3.8) is 0 Å². The van der Waals surface area contributed by atoms with E-state index < -0.39 is 11.5 Å². The third-order valence-corrected chi connectivity index (χ3v) is 7.49. The lowest BCUT2D eigenvalue weighted by Gasteiger charge is -2.57. The molecule has 0 unspecified atom stereocenters. The van der Waals surface area contributed by atoms with Gasteiger partial charge in [-0.2, -0.15) is 8.78 Å². The number of rotatable bonds is 2. The van der Waals surface area contributed by atoms with E-state index in [1.165, 1.54) is 17.2 Å². The van der Waals surface area contributed by atoms with E-state index >= 15 is 0 Å². The topological polar surface area (TPSA) is 29.5 Å². The summed E-state index contributed by atoms with van der Waals surface area (Å²) in [6.45, 7) is 2.11. The Morgan fingerprint density at radius 2 is 2.04 bits per heavy atom. The summed E-state index contributed by atoms with van der Waals surface area (Å²) in [4.78, 5) is 0. The molecule has 1 N–H and O–H groups in total. The van der Waals surface area contributed by atoms with Crippen molar-refractivity contribution in [2.45, 2.75) is 57.5 Å². The van der Waals surface area contributed by atoms with Crippen LogP contribution in [0.2, 0.25) is 0 Å². The summed E-state index contributed by atoms with van der Waals surface area (Å²) < 4.78 is 32.4. The first-order chi connectivity index (χ1) is 11.9. The fourth-order valence-corrected chi connectivity index (χ4v) is 6.29. The quantitative estimate of drug-likeness (QED) is 0.809. The predicted molar refractivity (Wildman–Crippen MR) is 92.9 cm³/mol. The highest BCUT2D eigenvalue weighted by Gasteiger charge is 2.61. The average Bonchev–Trinajstić information content (AvgIpc) is 2.89. The van der Waals surface area contributed by atoms with Gasteiger partial charge in [-0.05, 0) is 85.1 Å². The number of benzene rings is 1. The minimum atomic E-state index is -1.58. The van der Waals surface area contributed by atoms with E-state index in [2.05, 4.69) is 19.1 Å². The number of hydrogen-bond donors (Lipinski definition) is 1. The zero-order valence-corrected chi connectivity index (χ0v) is 14.9. The fourth-order valence-electron chi connectivity index (χ4n) is 6.29. The molecule has 0 amide bonds. The van der Waals surface area contributed by atoms with Crippen molar-refractivity contribution in [2.75, 3.05) is 7.11 Å². The van der Waals surface area contributed by atoms with Crippen LogP contribution in [-0.2, 0) is 6.42 Å². The number of aliphatic hydroxyl groups is 1. The molecule has 0 spiro atoms. The van der Waals surface area contributed by atoms with Gasteiger partial charge in [0.2, 0.25) is 0 Å². The van der Waals surface area contributed by atoms with Crippen LogP contribution in [0.5, 0.6) is 5.75 Å². The molecule has 2 saturated carbocycles. The zero-order valence-electron chi connectivity index (χ0n) is 14.9. The molecule has 0 radical (unpaired) electrons. The smallest absolute Gasteiger partial charge is 0.266 e. The van der Waals surface area contributed by atoms with Crippen LogP contribution in [0.3, 0.4) is 0 Å². The van der Waals surface area contributed by atoms with Gasteiger partial charge in [0.05, 0.1) is 13.2 Å². The molecule has 1 aromatic rings. The SMILES string of the molecule is COc1ccc2c(c1)CC[C@]1(C=C(F)F)[C@@H]2CC[C@@]2(C)[C@H]1CC[C@@H]2O. The molecular formula is C21H26F2O2. The lowest BCUT2D eigenvalue weighted by atomic mass is 9.47. The van der Waals surface area contributed by atoms with Crippen LogP contribution in [0, 0.1) is 16.7 Å². The first kappa shape index (κ1) is 17.0. The Morgan fingerprint density at radius 1 is 1.24 bits per heavy atom. The number of halogens is 2. The van der Waals surface area contributed by atoms with Crippen LogP contribution in [0.15, 0.2) is 30.4 Å². The Bertz CT molecular complexity index is 712. The van der Waals surface area contributed by atoms with Crippen LogP contribution in [0.25, 0.3) is 0 Å². The normalized spacial score (nSPS) is 39.2. The third-order valence-electron chi connectivity index (χ3n) is 7.49. The van der Waals surface area contributed by atoms with Crippen molar-refractivity contribution in [3.8, 4) is 5.75 Å². The van der Waals surface area contributed by atoms with E-state index in [-0.39, 0.29) is 23.4 Å². The number of methoxy groups -OCH3 is 1. The highest BCUT2D eigenvalue weighted by Crippen LogP contribution is 2.67. The minimum absolute atomic E-state index is 0.104. The van der Waals surface area contributed by atoms with Gasteiger partial charge in [-0.15, -0.1) is 0 Å². The maximum atomic E-state index is 13.5. The first-order valence-corrected chi connectivity index (χ1v) is 9.29. The Morgan fingerprint density at radius 3 is 2.76 bits per heavy atom. The Kier molecular flexibility index (Phi) is 3.95. The molecule has 3 aliphatic rings. The van der Waals surface area contributed by atoms with Gasteiger partial charge < -0.3 is 9.84 Å². The van der Waals surface area contributed by atoms with Crippen molar-refractivity contribution in [1.82, 2.24) is 0 Å². The largest absolute Gasteiger partial charge is 0.497 e. The molecule has 5 atom stereocenters. The molecule has 25 heavy (non-hydrogen) atoms. The molecule has 0 bridgehead atoms. The molecule has 0 aliphatic heterocycles. The number of ether oxygens (including phenoxy) is 1. The number of allylic oxidation sites excluding steroid dienone is 1. The van der Waals surface area contributed by atoms with Gasteiger partial charge in [0, 0.05) is 5.41 Å². The summed E-state index contributed by atoms with van der Waals surface area (Å²) in [5, 5.41) is 10.6. The molecule has 136 valence electrons. The van der Waals surface area contributed by atoms with E-state index in [1.54, 1.807) is 7.11 Å². The first-order valence-electron chi connectivity index (χ1n) is 9.29. The number of aliphatic hydroxyl groups excluding tert-OH is 1. The summed E-state index contributed by atoms with van der Waals surface area (Å²) in [5.74, 6) is 1.05. The standard InChI is InChI=1S/C21H26F2O2/c1-20-9-8-16-15-4-3-14(25-2)11-13(15)7-10-21(16,12-19(22)23)17(20)5-6-18(20)24/h3-4,11-12,16-18,24H,5-10H2,1-2H3/t16-,17-,18+,20+,21+/m1/s1. The molecule has 0 heterocycles. The van der Waals surface area contributed by atoms with Crippen LogP contribution < -0.4 is 4.74 Å². The summed E-state index contributed by atoms with van der Waals surface area (Å²) >= 11 is 0. The van der Waals surface area contributed by atoms with E-state index in [1.807, 2.05) is 6.07 Å². The summed E-state index contributed by atoms with van der Waals surface area (Å²) in [6, 6.07) is 6.08. The highest BCUT2D eigenvalue weighted by molar-refractivity contribution is 5.43. The molecule has 2 nitrogen and oxygen atoms in total. The molecule has 2 fully saturated rings. The van der Waals surface area contributed by atoms with Gasteiger partial charge in [-0.1, -0.05) is 13.0 Å². The van der Waals surface area contributed by atoms with Gasteiger partial charge in [0.15, 0.2) is 0 Å².